The van der Waals surface area contributed by atoms with Crippen LogP contribution in [0, 0.1) is 18.7 Å². The predicted molar refractivity (Wildman–Crippen MR) is 377 cm³/mol. The number of primary amides is 1. The Labute approximate surface area is 599 Å². The first-order valence-electron chi connectivity index (χ1n) is 27.3. The minimum Gasteiger partial charge on any atom is -0.459 e. The third-order valence-corrected chi connectivity index (χ3v) is 13.6. The fourth-order valence-electron chi connectivity index (χ4n) is 7.26. The molecule has 28 nitrogen and oxygen atoms in total. The number of nitrogens with one attached hydrogen (secondary N) is 2. The van der Waals surface area contributed by atoms with Crippen molar-refractivity contribution >= 4 is 210 Å². The monoisotopic (exact) mass is 1680 g/mol. The molecule has 0 fully saturated rings. The minimum absolute atomic E-state index is 0.0397. The summed E-state index contributed by atoms with van der Waals surface area (Å²) in [6.45, 7) is 23.1. The van der Waals surface area contributed by atoms with Crippen molar-refractivity contribution in [1.29, 1.82) is 5.26 Å². The number of fused-ring (bicyclic) bond motifs is 5. The summed E-state index contributed by atoms with van der Waals surface area (Å²) in [7, 11) is 0. The summed E-state index contributed by atoms with van der Waals surface area (Å²) < 4.78 is 26.7. The van der Waals surface area contributed by atoms with Gasteiger partial charge in [-0.2, -0.15) is 30.8 Å². The second-order valence-electron chi connectivity index (χ2n) is 22.9. The minimum atomic E-state index is -0.704. The molecule has 10 aromatic rings. The number of oxime groups is 1. The van der Waals surface area contributed by atoms with Gasteiger partial charge in [0.05, 0.1) is 59.2 Å². The zero-order valence-corrected chi connectivity index (χ0v) is 62.4. The van der Waals surface area contributed by atoms with Gasteiger partial charge >= 0.3 is 23.9 Å². The second-order valence-corrected chi connectivity index (χ2v) is 27.5. The predicted octanol–water partition coefficient (Wildman–Crippen LogP) is 12.9. The summed E-state index contributed by atoms with van der Waals surface area (Å²) in [6, 6.07) is 10.3. The van der Waals surface area contributed by atoms with Crippen molar-refractivity contribution in [3.63, 3.8) is 0 Å². The van der Waals surface area contributed by atoms with Crippen molar-refractivity contribution < 1.29 is 48.1 Å². The number of aromatic nitrogens is 15. The molecule has 1 amide bonds. The first-order valence-corrected chi connectivity index (χ1v) is 32.5. The molecule has 0 unspecified atom stereocenters. The van der Waals surface area contributed by atoms with E-state index in [1.54, 1.807) is 102 Å². The molecule has 0 spiro atoms. The number of carbonyl (C=O) groups is 5. The Morgan fingerprint density at radius 2 is 0.989 bits per heavy atom. The van der Waals surface area contributed by atoms with E-state index in [-0.39, 0.29) is 64.2 Å². The molecule has 94 heavy (non-hydrogen) atoms. The lowest BCUT2D eigenvalue weighted by molar-refractivity contribution is -0.156. The number of alkyl halides is 1. The average Bonchev–Trinajstić information content (AvgIpc) is 1.67. The van der Waals surface area contributed by atoms with Crippen LogP contribution < -0.4 is 5.73 Å². The normalized spacial score (nSPS) is 11.2. The highest BCUT2D eigenvalue weighted by molar-refractivity contribution is 14.1. The van der Waals surface area contributed by atoms with E-state index in [4.69, 9.17) is 93.2 Å². The van der Waals surface area contributed by atoms with Crippen molar-refractivity contribution in [3.05, 3.63) is 112 Å². The molecule has 0 aromatic carbocycles. The van der Waals surface area contributed by atoms with E-state index in [1.807, 2.05) is 47.6 Å². The van der Waals surface area contributed by atoms with Gasteiger partial charge in [0, 0.05) is 33.1 Å². The molecule has 502 valence electrons. The van der Waals surface area contributed by atoms with Crippen LogP contribution in [0.5, 0.6) is 0 Å². The lowest BCUT2D eigenvalue weighted by Crippen LogP contribution is -2.27. The van der Waals surface area contributed by atoms with Crippen LogP contribution in [0.2, 0.25) is 25.8 Å². The highest BCUT2D eigenvalue weighted by atomic mass is 127. The van der Waals surface area contributed by atoms with Crippen molar-refractivity contribution in [3.8, 4) is 6.07 Å². The largest absolute Gasteiger partial charge is 0.459 e. The van der Waals surface area contributed by atoms with Gasteiger partial charge in [0.2, 0.25) is 0 Å². The number of nitrogens with two attached hydrogens (primary N) is 1. The summed E-state index contributed by atoms with van der Waals surface area (Å²) >= 11 is 36.0. The number of hydrogen-bond donors (Lipinski definition) is 4. The Hall–Kier alpha value is -7.20. The molecule has 0 aliphatic heterocycles. The van der Waals surface area contributed by atoms with E-state index in [0.29, 0.717) is 37.3 Å². The standard InChI is InChI=1S/C13H15ClN4O3.C13H13ClN4O2.C12H13ClIN3O2.C6H11BrO2.C6H3ClIN3.C6H4ClN3.C2H5NO/c1-13(2,3)21-10(19)6-18-8-5-16-9(14)4-7(8)11(17-18)12(15)20;1-13(2,3)20-12(19)7-18-10-6-16-11(14)4-8(10)9(5-15)17-18;1-12(2,3)19-10(18)6-17-8-5-15-9(13)4-7(8)11(14)16-17;1-6(2,3)9-5(8)4-7;7-5-1-3-4(2-9-5)10-11-6(3)8;7-6-1-4-2-9-10-5(4)3-8-6;1-2-3-4/h4-5H,6H2,1-3H3,(H2,15,20);4,6H,7H2,1-3H3;4-5H,6H2,1-3H3;4H2,1-3H3;1-2H,(H,10,11);1-3H,(H,9,10);2,4H,1H3/b;;;;;;3-2+. The Kier molecular flexibility index (Phi) is 29.9. The van der Waals surface area contributed by atoms with Crippen molar-refractivity contribution in [1.82, 2.24) is 74.7 Å². The molecular weight excluding hydrogens is 1620 g/mol. The van der Waals surface area contributed by atoms with Gasteiger partial charge in [-0.3, -0.25) is 48.2 Å². The third kappa shape index (κ3) is 26.5. The molecule has 5 N–H and O–H groups in total. The van der Waals surface area contributed by atoms with Gasteiger partial charge in [0.15, 0.2) is 11.4 Å². The molecule has 0 aliphatic carbocycles. The van der Waals surface area contributed by atoms with E-state index in [1.165, 1.54) is 34.0 Å². The molecule has 0 aliphatic rings. The van der Waals surface area contributed by atoms with Gasteiger partial charge in [-0.25, -0.2) is 24.9 Å². The molecule has 0 radical (unpaired) electrons. The number of hydrogen-bond acceptors (Lipinski definition) is 22. The Morgan fingerprint density at radius 1 is 0.596 bits per heavy atom. The number of halogens is 8. The van der Waals surface area contributed by atoms with E-state index in [9.17, 15) is 24.0 Å². The highest BCUT2D eigenvalue weighted by Gasteiger charge is 2.23. The zero-order chi connectivity index (χ0) is 70.6. The van der Waals surface area contributed by atoms with Gasteiger partial charge in [-0.1, -0.05) is 73.9 Å². The zero-order valence-electron chi connectivity index (χ0n) is 52.7. The van der Waals surface area contributed by atoms with Crippen molar-refractivity contribution in [2.45, 2.75) is 132 Å². The molecule has 10 aromatic heterocycles. The maximum Gasteiger partial charge on any atom is 0.328 e. The number of pyridine rings is 5. The maximum absolute atomic E-state index is 11.9. The van der Waals surface area contributed by atoms with Crippen LogP contribution in [0.15, 0.2) is 72.7 Å². The third-order valence-electron chi connectivity index (χ3n) is 10.5. The highest BCUT2D eigenvalue weighted by Crippen LogP contribution is 2.26. The number of H-pyrrole nitrogens is 2. The maximum atomic E-state index is 11.9. The Morgan fingerprint density at radius 3 is 1.44 bits per heavy atom. The van der Waals surface area contributed by atoms with Gasteiger partial charge in [0.1, 0.15) is 92.1 Å². The quantitative estimate of drug-likeness (QED) is 0.0160. The van der Waals surface area contributed by atoms with Gasteiger partial charge in [-0.05, 0) is 166 Å². The van der Waals surface area contributed by atoms with Crippen LogP contribution >= 0.6 is 119 Å². The lowest BCUT2D eigenvalue weighted by Gasteiger charge is -2.19. The number of carbonyl (C=O) groups excluding carboxylic acids is 5. The molecule has 0 atom stereocenters. The molecule has 10 rings (SSSR count). The van der Waals surface area contributed by atoms with E-state index < -0.39 is 34.6 Å². The summed E-state index contributed by atoms with van der Waals surface area (Å²) in [5, 5.41) is 51.0. The number of ether oxygens (including phenoxy) is 4. The molecule has 36 heteroatoms. The van der Waals surface area contributed by atoms with Gasteiger partial charge in [0.25, 0.3) is 5.91 Å². The SMILES string of the molecule is C/C=N/O.CC(C)(C)OC(=O)CBr.CC(C)(C)OC(=O)Cn1nc(C#N)c2cc(Cl)ncc21.CC(C)(C)OC(=O)Cn1nc(C(N)=O)c2cc(Cl)ncc21.CC(C)(C)OC(=O)Cn1nc(I)c2cc(Cl)ncc21.Clc1cc2c(I)[nH]nc2cn1.Clc1cc2cn[nH]c2cn1. The first kappa shape index (κ1) is 79.2. The van der Waals surface area contributed by atoms with Crippen LogP contribution in [0.3, 0.4) is 0 Å². The lowest BCUT2D eigenvalue weighted by atomic mass is 10.2. The van der Waals surface area contributed by atoms with Crippen LogP contribution in [0.4, 0.5) is 0 Å². The van der Waals surface area contributed by atoms with Crippen LogP contribution in [0.25, 0.3) is 54.5 Å². The molecular formula is C58H64BrCl5I2N18O10. The van der Waals surface area contributed by atoms with Crippen LogP contribution in [-0.4, -0.2) is 144 Å². The summed E-state index contributed by atoms with van der Waals surface area (Å²) in [6.07, 6.45) is 10.8. The number of nitrogens with zero attached hydrogens (tertiary/aromatic N) is 15. The smallest absolute Gasteiger partial charge is 0.328 e. The summed E-state index contributed by atoms with van der Waals surface area (Å²) in [5.41, 5.74) is 7.06. The number of esters is 4. The molecule has 0 saturated heterocycles. The first-order chi connectivity index (χ1) is 43.7. The average molecular weight is 1680 g/mol. The molecule has 10 heterocycles. The van der Waals surface area contributed by atoms with Gasteiger partial charge in [-0.15, -0.1) is 5.16 Å². The van der Waals surface area contributed by atoms with Crippen LogP contribution in [-0.2, 0) is 57.8 Å². The summed E-state index contributed by atoms with van der Waals surface area (Å²) in [5.74, 6) is -2.16. The van der Waals surface area contributed by atoms with E-state index in [0.717, 1.165) is 40.1 Å². The van der Waals surface area contributed by atoms with E-state index >= 15 is 0 Å². The van der Waals surface area contributed by atoms with Crippen molar-refractivity contribution in [2.75, 3.05) is 5.33 Å². The fraction of sp³-hybridized carbons (Fsp3) is 0.362. The molecule has 0 saturated carbocycles. The summed E-state index contributed by atoms with van der Waals surface area (Å²) in [4.78, 5) is 77.1. The topological polar surface area (TPSA) is 380 Å². The molecule has 0 bridgehead atoms. The fourth-order valence-corrected chi connectivity index (χ4v) is 9.41. The Balaban J connectivity index is 0.000000243. The van der Waals surface area contributed by atoms with Crippen LogP contribution in [0.1, 0.15) is 106 Å². The second kappa shape index (κ2) is 35.5. The number of amides is 1. The van der Waals surface area contributed by atoms with Gasteiger partial charge < -0.3 is 29.9 Å². The number of rotatable bonds is 8. The van der Waals surface area contributed by atoms with Crippen molar-refractivity contribution in [2.24, 2.45) is 10.9 Å². The number of nitriles is 1. The van der Waals surface area contributed by atoms with E-state index in [2.05, 4.69) is 127 Å². The number of aromatic amines is 2. The Bertz CT molecular complexity index is 4350.